The Morgan fingerprint density at radius 2 is 2.06 bits per heavy atom. The molecule has 1 saturated carbocycles. The van der Waals surface area contributed by atoms with E-state index >= 15 is 0 Å². The summed E-state index contributed by atoms with van der Waals surface area (Å²) in [5, 5.41) is 12.7. The molecule has 4 heteroatoms. The van der Waals surface area contributed by atoms with Crippen LogP contribution in [0.4, 0.5) is 0 Å². The van der Waals surface area contributed by atoms with Crippen LogP contribution in [-0.4, -0.2) is 34.7 Å². The summed E-state index contributed by atoms with van der Waals surface area (Å²) in [7, 11) is 0. The normalized spacial score (nSPS) is 32.9. The zero-order valence-electron chi connectivity index (χ0n) is 10.7. The van der Waals surface area contributed by atoms with Crippen LogP contribution in [0.5, 0.6) is 0 Å². The summed E-state index contributed by atoms with van der Waals surface area (Å²) >= 11 is 1.99. The highest BCUT2D eigenvalue weighted by molar-refractivity contribution is 7.99. The predicted molar refractivity (Wildman–Crippen MR) is 71.0 cm³/mol. The molecule has 2 aliphatic rings. The highest BCUT2D eigenvalue weighted by Crippen LogP contribution is 2.40. The highest BCUT2D eigenvalue weighted by atomic mass is 32.2. The fourth-order valence-corrected chi connectivity index (χ4v) is 3.82. The number of thioether (sulfide) groups is 1. The van der Waals surface area contributed by atoms with Gasteiger partial charge in [-0.15, -0.1) is 0 Å². The molecule has 2 rings (SSSR count). The van der Waals surface area contributed by atoms with E-state index in [0.29, 0.717) is 18.8 Å². The maximum absolute atomic E-state index is 11.9. The van der Waals surface area contributed by atoms with E-state index < -0.39 is 0 Å². The van der Waals surface area contributed by atoms with Crippen molar-refractivity contribution in [2.45, 2.75) is 51.7 Å². The Bertz CT molecular complexity index is 287. The van der Waals surface area contributed by atoms with Crippen LogP contribution in [0.15, 0.2) is 0 Å². The summed E-state index contributed by atoms with van der Waals surface area (Å²) in [5.74, 6) is 3.15. The first-order valence-corrected chi connectivity index (χ1v) is 7.71. The molecule has 0 radical (unpaired) electrons. The molecule has 0 aromatic heterocycles. The lowest BCUT2D eigenvalue weighted by molar-refractivity contribution is -0.130. The van der Waals surface area contributed by atoms with Crippen LogP contribution in [0.2, 0.25) is 0 Å². The van der Waals surface area contributed by atoms with Gasteiger partial charge in [0.25, 0.3) is 0 Å². The summed E-state index contributed by atoms with van der Waals surface area (Å²) in [6, 6.07) is 0.156. The summed E-state index contributed by atoms with van der Waals surface area (Å²) in [6.45, 7) is 4.03. The standard InChI is InChI=1S/C13H23NO2S/c1-13(2)10(8-11(13)15)14-12(16)7-9-3-5-17-6-4-9/h9-11,15H,3-8H2,1-2H3,(H,14,16). The molecule has 1 heterocycles. The van der Waals surface area contributed by atoms with Crippen molar-refractivity contribution in [1.82, 2.24) is 5.32 Å². The van der Waals surface area contributed by atoms with Crippen molar-refractivity contribution >= 4 is 17.7 Å². The number of carbonyl (C=O) groups excluding carboxylic acids is 1. The van der Waals surface area contributed by atoms with Gasteiger partial charge in [-0.2, -0.15) is 11.8 Å². The average Bonchev–Trinajstić information content (AvgIpc) is 2.30. The van der Waals surface area contributed by atoms with Gasteiger partial charge in [-0.1, -0.05) is 13.8 Å². The Kier molecular flexibility index (Phi) is 4.03. The molecule has 1 amide bonds. The molecule has 3 nitrogen and oxygen atoms in total. The largest absolute Gasteiger partial charge is 0.392 e. The van der Waals surface area contributed by atoms with E-state index in [9.17, 15) is 9.90 Å². The Morgan fingerprint density at radius 1 is 1.41 bits per heavy atom. The Morgan fingerprint density at radius 3 is 2.59 bits per heavy atom. The van der Waals surface area contributed by atoms with Gasteiger partial charge in [0.2, 0.25) is 5.91 Å². The second-order valence-electron chi connectivity index (χ2n) is 5.95. The fraction of sp³-hybridized carbons (Fsp3) is 0.923. The minimum atomic E-state index is -0.265. The van der Waals surface area contributed by atoms with Gasteiger partial charge in [-0.05, 0) is 36.7 Å². The van der Waals surface area contributed by atoms with Crippen molar-refractivity contribution < 1.29 is 9.90 Å². The average molecular weight is 257 g/mol. The molecule has 1 aliphatic heterocycles. The number of hydrogen-bond acceptors (Lipinski definition) is 3. The summed E-state index contributed by atoms with van der Waals surface area (Å²) in [6.07, 6.45) is 3.46. The quantitative estimate of drug-likeness (QED) is 0.810. The summed E-state index contributed by atoms with van der Waals surface area (Å²) in [4.78, 5) is 11.9. The number of amides is 1. The molecular formula is C13H23NO2S. The van der Waals surface area contributed by atoms with Crippen LogP contribution in [0, 0.1) is 11.3 Å². The van der Waals surface area contributed by atoms with Gasteiger partial charge < -0.3 is 10.4 Å². The monoisotopic (exact) mass is 257 g/mol. The summed E-state index contributed by atoms with van der Waals surface area (Å²) in [5.41, 5.74) is -0.155. The van der Waals surface area contributed by atoms with Gasteiger partial charge in [0.05, 0.1) is 6.10 Å². The molecule has 2 fully saturated rings. The first kappa shape index (κ1) is 13.2. The summed E-state index contributed by atoms with van der Waals surface area (Å²) < 4.78 is 0. The van der Waals surface area contributed by atoms with Crippen molar-refractivity contribution in [3.05, 3.63) is 0 Å². The lowest BCUT2D eigenvalue weighted by atomic mass is 9.64. The Balaban J connectivity index is 1.74. The lowest BCUT2D eigenvalue weighted by Crippen LogP contribution is -2.61. The van der Waals surface area contributed by atoms with E-state index in [1.54, 1.807) is 0 Å². The zero-order valence-corrected chi connectivity index (χ0v) is 11.6. The fourth-order valence-electron chi connectivity index (χ4n) is 2.61. The van der Waals surface area contributed by atoms with Crippen molar-refractivity contribution in [2.75, 3.05) is 11.5 Å². The third kappa shape index (κ3) is 2.97. The van der Waals surface area contributed by atoms with Crippen LogP contribution in [0.25, 0.3) is 0 Å². The molecular weight excluding hydrogens is 234 g/mol. The number of aliphatic hydroxyl groups is 1. The minimum absolute atomic E-state index is 0.155. The van der Waals surface area contributed by atoms with Crippen molar-refractivity contribution in [3.63, 3.8) is 0 Å². The molecule has 2 unspecified atom stereocenters. The van der Waals surface area contributed by atoms with E-state index in [1.165, 1.54) is 24.3 Å². The van der Waals surface area contributed by atoms with E-state index in [2.05, 4.69) is 5.32 Å². The number of nitrogens with one attached hydrogen (secondary N) is 1. The van der Waals surface area contributed by atoms with Gasteiger partial charge in [-0.25, -0.2) is 0 Å². The second kappa shape index (κ2) is 5.19. The molecule has 2 N–H and O–H groups in total. The Hall–Kier alpha value is -0.220. The van der Waals surface area contributed by atoms with Gasteiger partial charge >= 0.3 is 0 Å². The molecule has 17 heavy (non-hydrogen) atoms. The number of rotatable bonds is 3. The third-order valence-corrected chi connectivity index (χ3v) is 5.41. The SMILES string of the molecule is CC1(C)C(O)CC1NC(=O)CC1CCSCC1. The first-order chi connectivity index (χ1) is 8.00. The van der Waals surface area contributed by atoms with E-state index in [-0.39, 0.29) is 23.5 Å². The molecule has 98 valence electrons. The first-order valence-electron chi connectivity index (χ1n) is 6.55. The smallest absolute Gasteiger partial charge is 0.220 e. The van der Waals surface area contributed by atoms with Crippen LogP contribution in [0.3, 0.4) is 0 Å². The van der Waals surface area contributed by atoms with E-state index in [4.69, 9.17) is 0 Å². The topological polar surface area (TPSA) is 49.3 Å². The minimum Gasteiger partial charge on any atom is -0.392 e. The highest BCUT2D eigenvalue weighted by Gasteiger charge is 2.47. The van der Waals surface area contributed by atoms with Gasteiger partial charge in [0, 0.05) is 17.9 Å². The van der Waals surface area contributed by atoms with Crippen molar-refractivity contribution in [2.24, 2.45) is 11.3 Å². The predicted octanol–water partition coefficient (Wildman–Crippen LogP) is 1.80. The molecule has 1 aliphatic carbocycles. The van der Waals surface area contributed by atoms with Crippen LogP contribution in [0.1, 0.15) is 39.5 Å². The molecule has 0 aromatic rings. The molecule has 2 atom stereocenters. The lowest BCUT2D eigenvalue weighted by Gasteiger charge is -2.49. The van der Waals surface area contributed by atoms with Crippen LogP contribution in [-0.2, 0) is 4.79 Å². The number of hydrogen-bond donors (Lipinski definition) is 2. The van der Waals surface area contributed by atoms with Crippen LogP contribution < -0.4 is 5.32 Å². The van der Waals surface area contributed by atoms with Gasteiger partial charge in [0.15, 0.2) is 0 Å². The Labute approximate surface area is 108 Å². The second-order valence-corrected chi connectivity index (χ2v) is 7.18. The van der Waals surface area contributed by atoms with Crippen molar-refractivity contribution in [1.29, 1.82) is 0 Å². The van der Waals surface area contributed by atoms with E-state index in [0.717, 1.165) is 0 Å². The maximum atomic E-state index is 11.9. The molecule has 1 saturated heterocycles. The molecule has 0 bridgehead atoms. The van der Waals surface area contributed by atoms with E-state index in [1.807, 2.05) is 25.6 Å². The maximum Gasteiger partial charge on any atom is 0.220 e. The number of aliphatic hydroxyl groups excluding tert-OH is 1. The third-order valence-electron chi connectivity index (χ3n) is 4.37. The number of carbonyl (C=O) groups is 1. The van der Waals surface area contributed by atoms with Crippen LogP contribution >= 0.6 is 11.8 Å². The zero-order chi connectivity index (χ0) is 12.5. The molecule has 0 aromatic carbocycles. The molecule has 0 spiro atoms. The van der Waals surface area contributed by atoms with Gasteiger partial charge in [-0.3, -0.25) is 4.79 Å². The van der Waals surface area contributed by atoms with Crippen molar-refractivity contribution in [3.8, 4) is 0 Å². The van der Waals surface area contributed by atoms with Gasteiger partial charge in [0.1, 0.15) is 0 Å².